The molecule has 0 saturated heterocycles. The number of carbonyl (C=O) groups is 1. The van der Waals surface area contributed by atoms with Crippen LogP contribution in [0, 0.1) is 12.7 Å². The molecule has 0 heterocycles. The van der Waals surface area contributed by atoms with Gasteiger partial charge < -0.3 is 11.1 Å². The number of nitrogens with one attached hydrogen (secondary N) is 1. The second-order valence-corrected chi connectivity index (χ2v) is 4.61. The molecule has 2 rings (SSSR count). The molecule has 2 aromatic rings. The van der Waals surface area contributed by atoms with E-state index in [4.69, 9.17) is 5.73 Å². The van der Waals surface area contributed by atoms with Gasteiger partial charge in [-0.15, -0.1) is 0 Å². The molecule has 3 nitrogen and oxygen atoms in total. The molecule has 0 aliphatic carbocycles. The maximum absolute atomic E-state index is 13.2. The molecular formula is C16H17FN2O. The Bertz CT molecular complexity index is 626. The highest BCUT2D eigenvalue weighted by atomic mass is 19.1. The van der Waals surface area contributed by atoms with Crippen LogP contribution in [0.2, 0.25) is 0 Å². The third-order valence-corrected chi connectivity index (χ3v) is 3.09. The Morgan fingerprint density at radius 3 is 2.70 bits per heavy atom. The first-order valence-corrected chi connectivity index (χ1v) is 6.47. The maximum atomic E-state index is 13.2. The van der Waals surface area contributed by atoms with Crippen molar-refractivity contribution in [1.29, 1.82) is 0 Å². The van der Waals surface area contributed by atoms with Crippen LogP contribution in [0.25, 0.3) is 0 Å². The van der Waals surface area contributed by atoms with Gasteiger partial charge >= 0.3 is 0 Å². The quantitative estimate of drug-likeness (QED) is 0.899. The van der Waals surface area contributed by atoms with Gasteiger partial charge in [0.1, 0.15) is 5.82 Å². The lowest BCUT2D eigenvalue weighted by molar-refractivity contribution is 0.102. The van der Waals surface area contributed by atoms with Crippen molar-refractivity contribution >= 4 is 11.6 Å². The summed E-state index contributed by atoms with van der Waals surface area (Å²) < 4.78 is 13.2. The SMILES string of the molecule is Cc1cc(NC(=O)c2ccccc2CCN)ccc1F. The molecule has 0 aromatic heterocycles. The zero-order valence-corrected chi connectivity index (χ0v) is 11.3. The van der Waals surface area contributed by atoms with Gasteiger partial charge in [0, 0.05) is 11.3 Å². The number of halogens is 1. The summed E-state index contributed by atoms with van der Waals surface area (Å²) in [6.07, 6.45) is 0.645. The zero-order chi connectivity index (χ0) is 14.5. The fourth-order valence-corrected chi connectivity index (χ4v) is 2.04. The minimum absolute atomic E-state index is 0.208. The van der Waals surface area contributed by atoms with Gasteiger partial charge in [-0.05, 0) is 55.3 Å². The first-order valence-electron chi connectivity index (χ1n) is 6.47. The molecule has 4 heteroatoms. The van der Waals surface area contributed by atoms with Crippen LogP contribution >= 0.6 is 0 Å². The molecule has 0 unspecified atom stereocenters. The van der Waals surface area contributed by atoms with E-state index in [0.717, 1.165) is 5.56 Å². The summed E-state index contributed by atoms with van der Waals surface area (Å²) in [5.74, 6) is -0.494. The number of aryl methyl sites for hydroxylation is 1. The Morgan fingerprint density at radius 2 is 2.00 bits per heavy atom. The average molecular weight is 272 g/mol. The second kappa shape index (κ2) is 6.30. The van der Waals surface area contributed by atoms with E-state index in [1.54, 1.807) is 25.1 Å². The predicted octanol–water partition coefficient (Wildman–Crippen LogP) is 2.89. The lowest BCUT2D eigenvalue weighted by Crippen LogP contribution is -2.16. The number of benzene rings is 2. The van der Waals surface area contributed by atoms with Crippen LogP contribution in [0.4, 0.5) is 10.1 Å². The number of anilines is 1. The summed E-state index contributed by atoms with van der Waals surface area (Å²) in [6, 6.07) is 11.8. The molecule has 0 aliphatic heterocycles. The summed E-state index contributed by atoms with van der Waals surface area (Å²) >= 11 is 0. The molecule has 0 spiro atoms. The molecule has 1 amide bonds. The Balaban J connectivity index is 2.21. The van der Waals surface area contributed by atoms with E-state index in [9.17, 15) is 9.18 Å². The molecule has 0 bridgehead atoms. The van der Waals surface area contributed by atoms with Crippen molar-refractivity contribution in [2.75, 3.05) is 11.9 Å². The Labute approximate surface area is 117 Å². The molecule has 0 aliphatic rings. The summed E-state index contributed by atoms with van der Waals surface area (Å²) in [5.41, 5.74) is 8.13. The summed E-state index contributed by atoms with van der Waals surface area (Å²) in [5, 5.41) is 2.78. The van der Waals surface area contributed by atoms with Gasteiger partial charge in [0.05, 0.1) is 0 Å². The van der Waals surface area contributed by atoms with E-state index in [0.29, 0.717) is 29.8 Å². The average Bonchev–Trinajstić information content (AvgIpc) is 2.44. The topological polar surface area (TPSA) is 55.1 Å². The minimum atomic E-state index is -0.286. The van der Waals surface area contributed by atoms with E-state index in [2.05, 4.69) is 5.32 Å². The first-order chi connectivity index (χ1) is 9.61. The monoisotopic (exact) mass is 272 g/mol. The normalized spacial score (nSPS) is 10.3. The van der Waals surface area contributed by atoms with Gasteiger partial charge in [-0.3, -0.25) is 4.79 Å². The van der Waals surface area contributed by atoms with Crippen LogP contribution < -0.4 is 11.1 Å². The van der Waals surface area contributed by atoms with Gasteiger partial charge in [-0.25, -0.2) is 4.39 Å². The van der Waals surface area contributed by atoms with Gasteiger partial charge in [-0.2, -0.15) is 0 Å². The molecular weight excluding hydrogens is 255 g/mol. The van der Waals surface area contributed by atoms with E-state index >= 15 is 0 Å². The highest BCUT2D eigenvalue weighted by Crippen LogP contribution is 2.16. The van der Waals surface area contributed by atoms with Crippen molar-refractivity contribution in [1.82, 2.24) is 0 Å². The third-order valence-electron chi connectivity index (χ3n) is 3.09. The number of nitrogens with two attached hydrogens (primary N) is 1. The van der Waals surface area contributed by atoms with Gasteiger partial charge in [0.25, 0.3) is 5.91 Å². The van der Waals surface area contributed by atoms with Gasteiger partial charge in [0.2, 0.25) is 0 Å². The fraction of sp³-hybridized carbons (Fsp3) is 0.188. The number of carbonyl (C=O) groups excluding carboxylic acids is 1. The first kappa shape index (κ1) is 14.2. The van der Waals surface area contributed by atoms with E-state index in [1.807, 2.05) is 18.2 Å². The van der Waals surface area contributed by atoms with E-state index in [-0.39, 0.29) is 11.7 Å². The molecule has 0 fully saturated rings. The van der Waals surface area contributed by atoms with Gasteiger partial charge in [-0.1, -0.05) is 18.2 Å². The highest BCUT2D eigenvalue weighted by Gasteiger charge is 2.11. The number of hydrogen-bond donors (Lipinski definition) is 2. The van der Waals surface area contributed by atoms with Crippen molar-refractivity contribution in [2.24, 2.45) is 5.73 Å². The predicted molar refractivity (Wildman–Crippen MR) is 78.3 cm³/mol. The molecule has 104 valence electrons. The lowest BCUT2D eigenvalue weighted by Gasteiger charge is -2.10. The second-order valence-electron chi connectivity index (χ2n) is 4.61. The Morgan fingerprint density at radius 1 is 1.25 bits per heavy atom. The number of rotatable bonds is 4. The molecule has 0 radical (unpaired) electrons. The van der Waals surface area contributed by atoms with Crippen LogP contribution in [0.5, 0.6) is 0 Å². The van der Waals surface area contributed by atoms with Crippen LogP contribution in [0.15, 0.2) is 42.5 Å². The van der Waals surface area contributed by atoms with E-state index in [1.165, 1.54) is 6.07 Å². The third kappa shape index (κ3) is 3.22. The van der Waals surface area contributed by atoms with Crippen LogP contribution in [-0.4, -0.2) is 12.5 Å². The number of hydrogen-bond acceptors (Lipinski definition) is 2. The van der Waals surface area contributed by atoms with Crippen LogP contribution in [0.1, 0.15) is 21.5 Å². The molecule has 0 atom stereocenters. The highest BCUT2D eigenvalue weighted by molar-refractivity contribution is 6.05. The summed E-state index contributed by atoms with van der Waals surface area (Å²) in [7, 11) is 0. The summed E-state index contributed by atoms with van der Waals surface area (Å²) in [6.45, 7) is 2.15. The zero-order valence-electron chi connectivity index (χ0n) is 11.3. The smallest absolute Gasteiger partial charge is 0.255 e. The Kier molecular flexibility index (Phi) is 4.48. The van der Waals surface area contributed by atoms with Crippen LogP contribution in [-0.2, 0) is 6.42 Å². The van der Waals surface area contributed by atoms with Crippen molar-refractivity contribution < 1.29 is 9.18 Å². The molecule has 0 saturated carbocycles. The standard InChI is InChI=1S/C16H17FN2O/c1-11-10-13(6-7-15(11)17)19-16(20)14-5-3-2-4-12(14)8-9-18/h2-7,10H,8-9,18H2,1H3,(H,19,20). The van der Waals surface area contributed by atoms with Crippen molar-refractivity contribution in [2.45, 2.75) is 13.3 Å². The molecule has 3 N–H and O–H groups in total. The van der Waals surface area contributed by atoms with Crippen LogP contribution in [0.3, 0.4) is 0 Å². The largest absolute Gasteiger partial charge is 0.330 e. The summed E-state index contributed by atoms with van der Waals surface area (Å²) in [4.78, 5) is 12.3. The number of amides is 1. The maximum Gasteiger partial charge on any atom is 0.255 e. The van der Waals surface area contributed by atoms with Crippen molar-refractivity contribution in [3.63, 3.8) is 0 Å². The fourth-order valence-electron chi connectivity index (χ4n) is 2.04. The van der Waals surface area contributed by atoms with E-state index < -0.39 is 0 Å². The minimum Gasteiger partial charge on any atom is -0.330 e. The van der Waals surface area contributed by atoms with Gasteiger partial charge in [0.15, 0.2) is 0 Å². The lowest BCUT2D eigenvalue weighted by atomic mass is 10.0. The molecule has 2 aromatic carbocycles. The van der Waals surface area contributed by atoms with Crippen molar-refractivity contribution in [3.8, 4) is 0 Å². The molecule has 20 heavy (non-hydrogen) atoms. The van der Waals surface area contributed by atoms with Crippen molar-refractivity contribution in [3.05, 3.63) is 65.0 Å². The Hall–Kier alpha value is -2.20.